The van der Waals surface area contributed by atoms with E-state index in [-0.39, 0.29) is 6.42 Å². The number of aliphatic carboxylic acids is 1. The van der Waals surface area contributed by atoms with Crippen LogP contribution in [0, 0.1) is 6.92 Å². The summed E-state index contributed by atoms with van der Waals surface area (Å²) >= 11 is 8.34. The fourth-order valence-electron chi connectivity index (χ4n) is 1.19. The predicted octanol–water partition coefficient (Wildman–Crippen LogP) is 2.67. The van der Waals surface area contributed by atoms with Gasteiger partial charge in [0.1, 0.15) is 5.03 Å². The Morgan fingerprint density at radius 2 is 2.28 bits per heavy atom. The number of hydrogen-bond donors (Lipinski definition) is 1. The Morgan fingerprint density at radius 1 is 1.50 bits per heavy atom. The first-order chi connectivity index (χ1) is 8.54. The number of carbonyl (C=O) groups is 1. The second kappa shape index (κ2) is 5.64. The molecule has 0 bridgehead atoms. The van der Waals surface area contributed by atoms with Crippen LogP contribution in [-0.2, 0) is 11.2 Å². The third kappa shape index (κ3) is 3.41. The van der Waals surface area contributed by atoms with Gasteiger partial charge in [0, 0.05) is 4.88 Å². The third-order valence-corrected chi connectivity index (χ3v) is 4.33. The van der Waals surface area contributed by atoms with Crippen LogP contribution < -0.4 is 0 Å². The van der Waals surface area contributed by atoms with Crippen molar-refractivity contribution in [2.45, 2.75) is 22.7 Å². The van der Waals surface area contributed by atoms with Crippen LogP contribution in [0.1, 0.15) is 10.6 Å². The minimum Gasteiger partial charge on any atom is -0.481 e. The summed E-state index contributed by atoms with van der Waals surface area (Å²) < 4.78 is 0.750. The van der Waals surface area contributed by atoms with Crippen molar-refractivity contribution in [3.05, 3.63) is 27.9 Å². The van der Waals surface area contributed by atoms with Crippen LogP contribution in [-0.4, -0.2) is 26.3 Å². The van der Waals surface area contributed by atoms with Crippen molar-refractivity contribution in [1.82, 2.24) is 15.2 Å². The molecule has 0 amide bonds. The van der Waals surface area contributed by atoms with E-state index in [0.717, 1.165) is 14.9 Å². The molecule has 0 unspecified atom stereocenters. The number of aryl methyl sites for hydroxylation is 1. The maximum Gasteiger partial charge on any atom is 0.308 e. The normalized spacial score (nSPS) is 10.6. The Hall–Kier alpha value is -1.18. The summed E-state index contributed by atoms with van der Waals surface area (Å²) in [5.41, 5.74) is 0.742. The van der Waals surface area contributed by atoms with Crippen LogP contribution in [0.15, 0.2) is 21.5 Å². The van der Waals surface area contributed by atoms with Crippen LogP contribution in [0.3, 0.4) is 0 Å². The predicted molar refractivity (Wildman–Crippen MR) is 69.4 cm³/mol. The third-order valence-electron chi connectivity index (χ3n) is 1.98. The van der Waals surface area contributed by atoms with Crippen LogP contribution >= 0.6 is 34.7 Å². The van der Waals surface area contributed by atoms with Gasteiger partial charge in [-0.2, -0.15) is 0 Å². The van der Waals surface area contributed by atoms with E-state index in [1.165, 1.54) is 23.1 Å². The van der Waals surface area contributed by atoms with Gasteiger partial charge >= 0.3 is 5.97 Å². The highest BCUT2D eigenvalue weighted by Crippen LogP contribution is 2.31. The molecule has 0 spiro atoms. The van der Waals surface area contributed by atoms with Gasteiger partial charge in [-0.1, -0.05) is 11.6 Å². The standard InChI is InChI=1S/C10H8ClN3O2S2/c1-5-6(4-9(15)16)17-10(12-5)18-8-3-2-7(11)13-14-8/h2-3H,4H2,1H3,(H,15,16). The van der Waals surface area contributed by atoms with Crippen LogP contribution in [0.25, 0.3) is 0 Å². The zero-order valence-corrected chi connectivity index (χ0v) is 11.6. The summed E-state index contributed by atoms with van der Waals surface area (Å²) in [4.78, 5) is 15.7. The zero-order valence-electron chi connectivity index (χ0n) is 9.25. The Morgan fingerprint density at radius 3 is 2.89 bits per heavy atom. The molecule has 2 aromatic heterocycles. The van der Waals surface area contributed by atoms with Crippen molar-refractivity contribution in [2.75, 3.05) is 0 Å². The van der Waals surface area contributed by atoms with E-state index in [9.17, 15) is 4.79 Å². The lowest BCUT2D eigenvalue weighted by Crippen LogP contribution is -1.99. The van der Waals surface area contributed by atoms with Gasteiger partial charge in [-0.25, -0.2) is 4.98 Å². The van der Waals surface area contributed by atoms with Gasteiger partial charge in [-0.05, 0) is 30.8 Å². The van der Waals surface area contributed by atoms with Gasteiger partial charge in [0.25, 0.3) is 0 Å². The number of rotatable bonds is 4. The summed E-state index contributed by atoms with van der Waals surface area (Å²) in [6.45, 7) is 1.80. The van der Waals surface area contributed by atoms with E-state index in [4.69, 9.17) is 16.7 Å². The first-order valence-electron chi connectivity index (χ1n) is 4.90. The molecule has 18 heavy (non-hydrogen) atoms. The molecular weight excluding hydrogens is 294 g/mol. The number of thiazole rings is 1. The van der Waals surface area contributed by atoms with Gasteiger partial charge in [-0.15, -0.1) is 21.5 Å². The summed E-state index contributed by atoms with van der Waals surface area (Å²) in [6, 6.07) is 3.39. The van der Waals surface area contributed by atoms with E-state index in [1.54, 1.807) is 19.1 Å². The highest BCUT2D eigenvalue weighted by atomic mass is 35.5. The fourth-order valence-corrected chi connectivity index (χ4v) is 3.38. The van der Waals surface area contributed by atoms with Crippen molar-refractivity contribution in [2.24, 2.45) is 0 Å². The Kier molecular flexibility index (Phi) is 4.15. The largest absolute Gasteiger partial charge is 0.481 e. The second-order valence-corrected chi connectivity index (χ2v) is 6.09. The maximum absolute atomic E-state index is 10.7. The minimum atomic E-state index is -0.857. The molecule has 2 heterocycles. The highest BCUT2D eigenvalue weighted by Gasteiger charge is 2.12. The molecule has 0 aliphatic carbocycles. The molecule has 0 aliphatic rings. The molecule has 0 radical (unpaired) electrons. The minimum absolute atomic E-state index is 0.00361. The molecular formula is C10H8ClN3O2S2. The number of aromatic nitrogens is 3. The molecule has 0 atom stereocenters. The number of halogens is 1. The Balaban J connectivity index is 2.14. The van der Waals surface area contributed by atoms with E-state index in [2.05, 4.69) is 15.2 Å². The molecule has 0 aliphatic heterocycles. The van der Waals surface area contributed by atoms with Crippen molar-refractivity contribution < 1.29 is 9.90 Å². The molecule has 0 fully saturated rings. The van der Waals surface area contributed by atoms with Crippen molar-refractivity contribution in [1.29, 1.82) is 0 Å². The number of carboxylic acids is 1. The zero-order chi connectivity index (χ0) is 13.1. The number of carboxylic acid groups (broad SMARTS) is 1. The lowest BCUT2D eigenvalue weighted by atomic mass is 10.3. The summed E-state index contributed by atoms with van der Waals surface area (Å²) in [6.07, 6.45) is -0.00361. The highest BCUT2D eigenvalue weighted by molar-refractivity contribution is 8.01. The van der Waals surface area contributed by atoms with Crippen LogP contribution in [0.2, 0.25) is 5.15 Å². The topological polar surface area (TPSA) is 76.0 Å². The van der Waals surface area contributed by atoms with Crippen LogP contribution in [0.4, 0.5) is 0 Å². The summed E-state index contributed by atoms with van der Waals surface area (Å²) in [5, 5.41) is 17.4. The van der Waals surface area contributed by atoms with Crippen LogP contribution in [0.5, 0.6) is 0 Å². The molecule has 94 valence electrons. The average Bonchev–Trinajstić information content (AvgIpc) is 2.62. The van der Waals surface area contributed by atoms with E-state index >= 15 is 0 Å². The second-order valence-electron chi connectivity index (χ2n) is 3.36. The molecule has 0 saturated carbocycles. The van der Waals surface area contributed by atoms with Gasteiger partial charge in [-0.3, -0.25) is 4.79 Å². The number of nitrogens with zero attached hydrogens (tertiary/aromatic N) is 3. The average molecular weight is 302 g/mol. The first kappa shape index (κ1) is 13.3. The van der Waals surface area contributed by atoms with E-state index in [1.807, 2.05) is 0 Å². The lowest BCUT2D eigenvalue weighted by molar-refractivity contribution is -0.136. The Labute approximate surface area is 116 Å². The van der Waals surface area contributed by atoms with Crippen molar-refractivity contribution in [3.8, 4) is 0 Å². The first-order valence-corrected chi connectivity index (χ1v) is 6.91. The molecule has 0 aromatic carbocycles. The van der Waals surface area contributed by atoms with Gasteiger partial charge in [0.2, 0.25) is 0 Å². The van der Waals surface area contributed by atoms with Crippen molar-refractivity contribution >= 4 is 40.7 Å². The van der Waals surface area contributed by atoms with Gasteiger partial charge in [0.15, 0.2) is 9.49 Å². The maximum atomic E-state index is 10.7. The quantitative estimate of drug-likeness (QED) is 0.935. The van der Waals surface area contributed by atoms with E-state index < -0.39 is 5.97 Å². The molecule has 1 N–H and O–H groups in total. The SMILES string of the molecule is Cc1nc(Sc2ccc(Cl)nn2)sc1CC(=O)O. The summed E-state index contributed by atoms with van der Waals surface area (Å²) in [7, 11) is 0. The molecule has 2 rings (SSSR count). The monoisotopic (exact) mass is 301 g/mol. The Bertz CT molecular complexity index is 571. The summed E-state index contributed by atoms with van der Waals surface area (Å²) in [5.74, 6) is -0.857. The molecule has 0 saturated heterocycles. The lowest BCUT2D eigenvalue weighted by Gasteiger charge is -1.94. The smallest absolute Gasteiger partial charge is 0.308 e. The molecule has 2 aromatic rings. The van der Waals surface area contributed by atoms with Crippen molar-refractivity contribution in [3.63, 3.8) is 0 Å². The van der Waals surface area contributed by atoms with E-state index in [0.29, 0.717) is 10.2 Å². The number of hydrogen-bond acceptors (Lipinski definition) is 6. The molecule has 5 nitrogen and oxygen atoms in total. The molecule has 8 heteroatoms. The van der Waals surface area contributed by atoms with Gasteiger partial charge < -0.3 is 5.11 Å². The fraction of sp³-hybridized carbons (Fsp3) is 0.200. The van der Waals surface area contributed by atoms with Gasteiger partial charge in [0.05, 0.1) is 12.1 Å².